The van der Waals surface area contributed by atoms with Gasteiger partial charge in [0.25, 0.3) is 0 Å². The number of hydrogen-bond donors (Lipinski definition) is 0. The lowest BCUT2D eigenvalue weighted by molar-refractivity contribution is -0.179. The highest BCUT2D eigenvalue weighted by Gasteiger charge is 2.38. The Morgan fingerprint density at radius 2 is 0.905 bits per heavy atom. The third-order valence-electron chi connectivity index (χ3n) is 6.77. The van der Waals surface area contributed by atoms with E-state index in [1.165, 1.54) is 6.26 Å². The highest BCUT2D eigenvalue weighted by molar-refractivity contribution is 5.16. The van der Waals surface area contributed by atoms with Crippen LogP contribution in [-0.2, 0) is 50.1 Å². The summed E-state index contributed by atoms with van der Waals surface area (Å²) in [6, 6.07) is 40.2. The first kappa shape index (κ1) is 30.9. The van der Waals surface area contributed by atoms with Gasteiger partial charge in [-0.1, -0.05) is 134 Å². The Morgan fingerprint density at radius 1 is 0.500 bits per heavy atom. The maximum atomic E-state index is 6.63. The lowest BCUT2D eigenvalue weighted by Crippen LogP contribution is -2.50. The molecular formula is C37H40O5. The van der Waals surface area contributed by atoms with Crippen LogP contribution in [0.5, 0.6) is 0 Å². The Balaban J connectivity index is 1.60. The van der Waals surface area contributed by atoms with Gasteiger partial charge in [0.1, 0.15) is 24.4 Å². The van der Waals surface area contributed by atoms with Crippen molar-refractivity contribution < 1.29 is 23.7 Å². The highest BCUT2D eigenvalue weighted by Crippen LogP contribution is 2.24. The first-order valence-corrected chi connectivity index (χ1v) is 14.2. The number of hydrogen-bond acceptors (Lipinski definition) is 5. The molecule has 5 heteroatoms. The van der Waals surface area contributed by atoms with E-state index in [1.54, 1.807) is 6.08 Å². The van der Waals surface area contributed by atoms with Crippen LogP contribution in [0.4, 0.5) is 0 Å². The summed E-state index contributed by atoms with van der Waals surface area (Å²) < 4.78 is 31.9. The SMILES string of the molecule is C=CO[C@H](COCc1ccccc1)[C@@H](OCc1ccccc1)[C@H](OCc1ccccc1)[C@H](C=C)OCc1ccccc1. The molecule has 0 unspecified atom stereocenters. The van der Waals surface area contributed by atoms with Crippen LogP contribution in [0.3, 0.4) is 0 Å². The molecule has 0 saturated heterocycles. The van der Waals surface area contributed by atoms with E-state index in [1.807, 2.05) is 121 Å². The van der Waals surface area contributed by atoms with Crippen molar-refractivity contribution in [2.24, 2.45) is 0 Å². The van der Waals surface area contributed by atoms with E-state index in [4.69, 9.17) is 23.7 Å². The maximum absolute atomic E-state index is 6.63. The minimum atomic E-state index is -0.582. The van der Waals surface area contributed by atoms with Crippen molar-refractivity contribution in [3.05, 3.63) is 169 Å². The van der Waals surface area contributed by atoms with E-state index in [-0.39, 0.29) is 6.61 Å². The molecule has 0 bridgehead atoms. The Labute approximate surface area is 250 Å². The molecule has 0 saturated carbocycles. The minimum absolute atomic E-state index is 0.258. The van der Waals surface area contributed by atoms with E-state index in [0.29, 0.717) is 26.4 Å². The number of ether oxygens (including phenoxy) is 5. The summed E-state index contributed by atoms with van der Waals surface area (Å²) in [7, 11) is 0. The van der Waals surface area contributed by atoms with Crippen LogP contribution in [0.2, 0.25) is 0 Å². The average molecular weight is 565 g/mol. The lowest BCUT2D eigenvalue weighted by atomic mass is 10.0. The molecule has 42 heavy (non-hydrogen) atoms. The van der Waals surface area contributed by atoms with E-state index in [2.05, 4.69) is 13.2 Å². The molecule has 0 amide bonds. The first-order valence-electron chi connectivity index (χ1n) is 14.2. The lowest BCUT2D eigenvalue weighted by Gasteiger charge is -2.36. The Kier molecular flexibility index (Phi) is 13.1. The van der Waals surface area contributed by atoms with Gasteiger partial charge in [-0.15, -0.1) is 6.58 Å². The molecule has 4 aromatic rings. The third-order valence-corrected chi connectivity index (χ3v) is 6.77. The predicted molar refractivity (Wildman–Crippen MR) is 166 cm³/mol. The molecule has 0 aliphatic heterocycles. The fraction of sp³-hybridized carbons (Fsp3) is 0.243. The topological polar surface area (TPSA) is 46.2 Å². The van der Waals surface area contributed by atoms with Crippen molar-refractivity contribution in [2.75, 3.05) is 6.61 Å². The summed E-state index contributed by atoms with van der Waals surface area (Å²) in [4.78, 5) is 0. The third kappa shape index (κ3) is 10.1. The zero-order valence-electron chi connectivity index (χ0n) is 24.0. The molecule has 218 valence electrons. The normalized spacial score (nSPS) is 13.9. The van der Waals surface area contributed by atoms with Crippen molar-refractivity contribution in [3.8, 4) is 0 Å². The number of benzene rings is 4. The van der Waals surface area contributed by atoms with Gasteiger partial charge in [0.15, 0.2) is 0 Å². The molecule has 0 radical (unpaired) electrons. The summed E-state index contributed by atoms with van der Waals surface area (Å²) in [6.07, 6.45) is 1.02. The summed E-state index contributed by atoms with van der Waals surface area (Å²) in [6.45, 7) is 9.75. The zero-order valence-corrected chi connectivity index (χ0v) is 24.0. The van der Waals surface area contributed by atoms with Gasteiger partial charge in [-0.05, 0) is 22.3 Å². The van der Waals surface area contributed by atoms with Crippen LogP contribution in [0.1, 0.15) is 22.3 Å². The van der Waals surface area contributed by atoms with Gasteiger partial charge in [-0.3, -0.25) is 0 Å². The fourth-order valence-corrected chi connectivity index (χ4v) is 4.59. The van der Waals surface area contributed by atoms with E-state index < -0.39 is 24.4 Å². The van der Waals surface area contributed by atoms with Crippen molar-refractivity contribution >= 4 is 0 Å². The summed E-state index contributed by atoms with van der Waals surface area (Å²) >= 11 is 0. The van der Waals surface area contributed by atoms with Crippen LogP contribution < -0.4 is 0 Å². The smallest absolute Gasteiger partial charge is 0.150 e. The second kappa shape index (κ2) is 17.7. The van der Waals surface area contributed by atoms with Crippen LogP contribution in [-0.4, -0.2) is 31.0 Å². The number of rotatable bonds is 19. The van der Waals surface area contributed by atoms with Gasteiger partial charge < -0.3 is 23.7 Å². The van der Waals surface area contributed by atoms with Crippen LogP contribution in [0.25, 0.3) is 0 Å². The van der Waals surface area contributed by atoms with Gasteiger partial charge in [0, 0.05) is 0 Å². The maximum Gasteiger partial charge on any atom is 0.150 e. The first-order chi connectivity index (χ1) is 20.8. The zero-order chi connectivity index (χ0) is 29.2. The Bertz CT molecular complexity index is 1280. The van der Waals surface area contributed by atoms with Crippen LogP contribution in [0, 0.1) is 0 Å². The molecule has 0 aromatic heterocycles. The summed E-state index contributed by atoms with van der Waals surface area (Å²) in [5, 5.41) is 0. The summed E-state index contributed by atoms with van der Waals surface area (Å²) in [5.74, 6) is 0. The van der Waals surface area contributed by atoms with E-state index >= 15 is 0 Å². The molecule has 0 aliphatic rings. The summed E-state index contributed by atoms with van der Waals surface area (Å²) in [5.41, 5.74) is 4.20. The predicted octanol–water partition coefficient (Wildman–Crippen LogP) is 7.67. The van der Waals surface area contributed by atoms with Crippen molar-refractivity contribution in [1.29, 1.82) is 0 Å². The molecule has 4 rings (SSSR count). The second-order valence-corrected chi connectivity index (χ2v) is 9.86. The molecule has 0 N–H and O–H groups in total. The van der Waals surface area contributed by atoms with Crippen LogP contribution >= 0.6 is 0 Å². The molecule has 0 spiro atoms. The van der Waals surface area contributed by atoms with E-state index in [9.17, 15) is 0 Å². The monoisotopic (exact) mass is 564 g/mol. The van der Waals surface area contributed by atoms with E-state index in [0.717, 1.165) is 22.3 Å². The van der Waals surface area contributed by atoms with Gasteiger partial charge in [-0.2, -0.15) is 0 Å². The second-order valence-electron chi connectivity index (χ2n) is 9.86. The average Bonchev–Trinajstić information content (AvgIpc) is 3.05. The van der Waals surface area contributed by atoms with Crippen molar-refractivity contribution in [2.45, 2.75) is 50.8 Å². The fourth-order valence-electron chi connectivity index (χ4n) is 4.59. The Morgan fingerprint density at radius 3 is 1.33 bits per heavy atom. The van der Waals surface area contributed by atoms with Crippen molar-refractivity contribution in [3.63, 3.8) is 0 Å². The van der Waals surface area contributed by atoms with Gasteiger partial charge in [0.05, 0.1) is 39.3 Å². The Hall–Kier alpha value is -4.00. The molecule has 4 atom stereocenters. The molecule has 0 fully saturated rings. The highest BCUT2D eigenvalue weighted by atomic mass is 16.6. The molecule has 0 aliphatic carbocycles. The molecule has 5 nitrogen and oxygen atoms in total. The standard InChI is InChI=1S/C37H40O5/c1-3-34(40-26-31-19-11-6-12-20-31)36(41-27-32-21-13-7-14-22-32)37(42-28-33-23-15-8-16-24-33)35(39-4-2)29-38-25-30-17-9-5-10-18-30/h3-24,34-37H,1-2,25-29H2/t34-,35+,36+,37+/m0/s1. The van der Waals surface area contributed by atoms with Gasteiger partial charge in [0.2, 0.25) is 0 Å². The quantitative estimate of drug-likeness (QED) is 0.0864. The minimum Gasteiger partial charge on any atom is -0.493 e. The van der Waals surface area contributed by atoms with Gasteiger partial charge >= 0.3 is 0 Å². The van der Waals surface area contributed by atoms with Gasteiger partial charge in [-0.25, -0.2) is 0 Å². The molecule has 0 heterocycles. The van der Waals surface area contributed by atoms with Crippen LogP contribution in [0.15, 0.2) is 147 Å². The van der Waals surface area contributed by atoms with Crippen molar-refractivity contribution in [1.82, 2.24) is 0 Å². The molecular weight excluding hydrogens is 524 g/mol. The largest absolute Gasteiger partial charge is 0.493 e. The molecule has 4 aromatic carbocycles.